The van der Waals surface area contributed by atoms with Crippen molar-refractivity contribution in [2.24, 2.45) is 5.92 Å². The molecule has 6 nitrogen and oxygen atoms in total. The van der Waals surface area contributed by atoms with Crippen molar-refractivity contribution in [2.75, 3.05) is 20.2 Å². The molecule has 2 aromatic rings. The molecule has 2 unspecified atom stereocenters. The fraction of sp³-hybridized carbons (Fsp3) is 0.458. The van der Waals surface area contributed by atoms with Crippen LogP contribution in [0.4, 0.5) is 0 Å². The van der Waals surface area contributed by atoms with Gasteiger partial charge in [-0.15, -0.1) is 0 Å². The monoisotopic (exact) mass is 444 g/mol. The number of sulfonamides is 1. The first-order chi connectivity index (χ1) is 14.8. The van der Waals surface area contributed by atoms with Gasteiger partial charge in [0.15, 0.2) is 0 Å². The molecule has 1 aliphatic rings. The highest BCUT2D eigenvalue weighted by molar-refractivity contribution is 7.89. The molecule has 0 radical (unpaired) electrons. The molecule has 7 heteroatoms. The molecule has 1 saturated heterocycles. The number of rotatable bonds is 7. The van der Waals surface area contributed by atoms with Crippen LogP contribution in [0, 0.1) is 19.8 Å². The van der Waals surface area contributed by atoms with E-state index in [9.17, 15) is 13.2 Å². The lowest BCUT2D eigenvalue weighted by Gasteiger charge is -2.32. The minimum Gasteiger partial charge on any atom is -0.496 e. The van der Waals surface area contributed by atoms with Gasteiger partial charge < -0.3 is 10.1 Å². The van der Waals surface area contributed by atoms with Gasteiger partial charge in [-0.05, 0) is 62.4 Å². The highest BCUT2D eigenvalue weighted by Gasteiger charge is 2.34. The first-order valence-corrected chi connectivity index (χ1v) is 12.2. The number of aryl methyl sites for hydroxylation is 2. The minimum atomic E-state index is -3.61. The summed E-state index contributed by atoms with van der Waals surface area (Å²) in [4.78, 5) is 13.3. The number of nitrogens with one attached hydrogen (secondary N) is 1. The maximum Gasteiger partial charge on any atom is 0.243 e. The van der Waals surface area contributed by atoms with Crippen LogP contribution in [-0.4, -0.2) is 38.8 Å². The second kappa shape index (κ2) is 9.83. The highest BCUT2D eigenvalue weighted by Crippen LogP contribution is 2.27. The number of nitrogens with zero attached hydrogens (tertiary/aromatic N) is 1. The van der Waals surface area contributed by atoms with Crippen molar-refractivity contribution in [3.63, 3.8) is 0 Å². The van der Waals surface area contributed by atoms with Crippen molar-refractivity contribution < 1.29 is 17.9 Å². The second-order valence-electron chi connectivity index (χ2n) is 8.21. The van der Waals surface area contributed by atoms with Crippen LogP contribution in [0.5, 0.6) is 5.75 Å². The molecular formula is C24H32N2O4S. The van der Waals surface area contributed by atoms with Gasteiger partial charge in [0.2, 0.25) is 15.9 Å². The largest absolute Gasteiger partial charge is 0.496 e. The Morgan fingerprint density at radius 2 is 1.90 bits per heavy atom. The Morgan fingerprint density at radius 1 is 1.19 bits per heavy atom. The molecule has 2 atom stereocenters. The zero-order valence-electron chi connectivity index (χ0n) is 18.7. The topological polar surface area (TPSA) is 75.7 Å². The summed E-state index contributed by atoms with van der Waals surface area (Å²) in [6.07, 6.45) is 2.10. The van der Waals surface area contributed by atoms with E-state index in [2.05, 4.69) is 5.32 Å². The Balaban J connectivity index is 1.71. The summed E-state index contributed by atoms with van der Waals surface area (Å²) in [6.45, 7) is 6.58. The van der Waals surface area contributed by atoms with Crippen molar-refractivity contribution in [1.29, 1.82) is 0 Å². The predicted molar refractivity (Wildman–Crippen MR) is 122 cm³/mol. The number of ether oxygens (including phenoxy) is 1. The van der Waals surface area contributed by atoms with Gasteiger partial charge in [0, 0.05) is 13.1 Å². The third-order valence-corrected chi connectivity index (χ3v) is 7.84. The van der Waals surface area contributed by atoms with Crippen molar-refractivity contribution in [2.45, 2.75) is 51.0 Å². The SMILES string of the molecule is CCC(NC(=O)C1CCCN(S(=O)(=O)c2ccc(C)cc2)C1)c1ccc(OC)c(C)c1. The molecule has 0 bridgehead atoms. The lowest BCUT2D eigenvalue weighted by Crippen LogP contribution is -2.46. The lowest BCUT2D eigenvalue weighted by molar-refractivity contribution is -0.126. The van der Waals surface area contributed by atoms with Crippen LogP contribution in [0.1, 0.15) is 48.9 Å². The van der Waals surface area contributed by atoms with Gasteiger partial charge >= 0.3 is 0 Å². The summed E-state index contributed by atoms with van der Waals surface area (Å²) in [7, 11) is -1.97. The third-order valence-electron chi connectivity index (χ3n) is 5.96. The normalized spacial score (nSPS) is 18.4. The maximum absolute atomic E-state index is 13.0. The number of benzene rings is 2. The van der Waals surface area contributed by atoms with Crippen molar-refractivity contribution in [3.05, 3.63) is 59.2 Å². The summed E-state index contributed by atoms with van der Waals surface area (Å²) < 4.78 is 32.9. The van der Waals surface area contributed by atoms with Gasteiger partial charge in [-0.2, -0.15) is 4.31 Å². The van der Waals surface area contributed by atoms with Crippen LogP contribution in [0.25, 0.3) is 0 Å². The van der Waals surface area contributed by atoms with Gasteiger partial charge in [-0.1, -0.05) is 36.8 Å². The van der Waals surface area contributed by atoms with Crippen LogP contribution < -0.4 is 10.1 Å². The van der Waals surface area contributed by atoms with Crippen LogP contribution >= 0.6 is 0 Å². The second-order valence-corrected chi connectivity index (χ2v) is 10.2. The summed E-state index contributed by atoms with van der Waals surface area (Å²) in [5.41, 5.74) is 3.05. The van der Waals surface area contributed by atoms with E-state index in [4.69, 9.17) is 4.74 Å². The number of carbonyl (C=O) groups excluding carboxylic acids is 1. The fourth-order valence-corrected chi connectivity index (χ4v) is 5.59. The molecule has 2 aromatic carbocycles. The maximum atomic E-state index is 13.0. The van der Waals surface area contributed by atoms with E-state index < -0.39 is 10.0 Å². The number of hydrogen-bond donors (Lipinski definition) is 1. The number of methoxy groups -OCH3 is 1. The molecule has 0 aromatic heterocycles. The van der Waals surface area contributed by atoms with Gasteiger partial charge in [0.05, 0.1) is 24.0 Å². The first-order valence-electron chi connectivity index (χ1n) is 10.8. The molecule has 1 heterocycles. The molecule has 0 saturated carbocycles. The van der Waals surface area contributed by atoms with Gasteiger partial charge in [0.1, 0.15) is 5.75 Å². The summed E-state index contributed by atoms with van der Waals surface area (Å²) in [6, 6.07) is 12.6. The Hall–Kier alpha value is -2.38. The van der Waals surface area contributed by atoms with Crippen LogP contribution in [0.3, 0.4) is 0 Å². The highest BCUT2D eigenvalue weighted by atomic mass is 32.2. The molecule has 1 amide bonds. The van der Waals surface area contributed by atoms with Crippen molar-refractivity contribution in [1.82, 2.24) is 9.62 Å². The van der Waals surface area contributed by atoms with E-state index in [1.165, 1.54) is 4.31 Å². The molecule has 1 aliphatic heterocycles. The Morgan fingerprint density at radius 3 is 2.52 bits per heavy atom. The fourth-order valence-electron chi connectivity index (χ4n) is 4.06. The molecule has 1 fully saturated rings. The van der Waals surface area contributed by atoms with Crippen LogP contribution in [0.15, 0.2) is 47.4 Å². The summed E-state index contributed by atoms with van der Waals surface area (Å²) in [5, 5.41) is 3.14. The molecule has 1 N–H and O–H groups in total. The van der Waals surface area contributed by atoms with Gasteiger partial charge in [-0.25, -0.2) is 8.42 Å². The molecule has 3 rings (SSSR count). The summed E-state index contributed by atoms with van der Waals surface area (Å²) in [5.74, 6) is 0.362. The Kier molecular flexibility index (Phi) is 7.38. The predicted octanol–water partition coefficient (Wildman–Crippen LogP) is 3.98. The lowest BCUT2D eigenvalue weighted by atomic mass is 9.96. The first kappa shape index (κ1) is 23.3. The molecular weight excluding hydrogens is 412 g/mol. The third kappa shape index (κ3) is 5.28. The van der Waals surface area contributed by atoms with Gasteiger partial charge in [0.25, 0.3) is 0 Å². The number of amides is 1. The minimum absolute atomic E-state index is 0.0934. The van der Waals surface area contributed by atoms with Gasteiger partial charge in [-0.3, -0.25) is 4.79 Å². The summed E-state index contributed by atoms with van der Waals surface area (Å²) >= 11 is 0. The van der Waals surface area contributed by atoms with Crippen molar-refractivity contribution >= 4 is 15.9 Å². The Bertz CT molecular complexity index is 1020. The number of hydrogen-bond acceptors (Lipinski definition) is 4. The van der Waals surface area contributed by atoms with Crippen LogP contribution in [0.2, 0.25) is 0 Å². The zero-order valence-corrected chi connectivity index (χ0v) is 19.5. The molecule has 0 spiro atoms. The average molecular weight is 445 g/mol. The molecule has 168 valence electrons. The van der Waals surface area contributed by atoms with E-state index in [0.717, 1.165) is 28.9 Å². The number of carbonyl (C=O) groups is 1. The van der Waals surface area contributed by atoms with E-state index >= 15 is 0 Å². The molecule has 0 aliphatic carbocycles. The molecule has 31 heavy (non-hydrogen) atoms. The van der Waals surface area contributed by atoms with E-state index in [-0.39, 0.29) is 29.3 Å². The smallest absolute Gasteiger partial charge is 0.243 e. The average Bonchev–Trinajstić information content (AvgIpc) is 2.77. The zero-order chi connectivity index (χ0) is 22.6. The van der Waals surface area contributed by atoms with Crippen LogP contribution in [-0.2, 0) is 14.8 Å². The quantitative estimate of drug-likeness (QED) is 0.701. The Labute approximate surface area is 185 Å². The standard InChI is InChI=1S/C24H32N2O4S/c1-5-22(19-10-13-23(30-4)18(3)15-19)25-24(27)20-7-6-14-26(16-20)31(28,29)21-11-8-17(2)9-12-21/h8-13,15,20,22H,5-7,14,16H2,1-4H3,(H,25,27). The number of piperidine rings is 1. The van der Waals surface area contributed by atoms with E-state index in [1.54, 1.807) is 31.4 Å². The van der Waals surface area contributed by atoms with Crippen molar-refractivity contribution in [3.8, 4) is 5.75 Å². The van der Waals surface area contributed by atoms with E-state index in [0.29, 0.717) is 19.4 Å². The van der Waals surface area contributed by atoms with E-state index in [1.807, 2.05) is 39.0 Å².